The van der Waals surface area contributed by atoms with Crippen LogP contribution in [-0.2, 0) is 24.2 Å². The van der Waals surface area contributed by atoms with Gasteiger partial charge in [0.05, 0.1) is 26.5 Å². The van der Waals surface area contributed by atoms with Crippen molar-refractivity contribution < 1.29 is 23.0 Å². The van der Waals surface area contributed by atoms with E-state index in [1.807, 2.05) is 19.0 Å². The maximum absolute atomic E-state index is 15.2. The molecule has 0 aliphatic heterocycles. The molecule has 4 rings (SSSR count). The van der Waals surface area contributed by atoms with Crippen molar-refractivity contribution in [2.24, 2.45) is 0 Å². The molecule has 2 aromatic heterocycles. The number of hydrogen-bond acceptors (Lipinski definition) is 6. The molecule has 1 aliphatic carbocycles. The van der Waals surface area contributed by atoms with E-state index < -0.39 is 17.6 Å². The lowest BCUT2D eigenvalue weighted by Crippen LogP contribution is -2.18. The second-order valence-electron chi connectivity index (χ2n) is 9.30. The Morgan fingerprint density at radius 1 is 1.26 bits per heavy atom. The second kappa shape index (κ2) is 12.4. The fourth-order valence-electron chi connectivity index (χ4n) is 4.71. The van der Waals surface area contributed by atoms with Crippen LogP contribution in [0.4, 0.5) is 14.5 Å². The number of methoxy groups -OCH3 is 2. The number of benzene rings is 1. The first-order valence-electron chi connectivity index (χ1n) is 12.1. The van der Waals surface area contributed by atoms with Crippen molar-refractivity contribution in [3.8, 4) is 22.9 Å². The summed E-state index contributed by atoms with van der Waals surface area (Å²) in [7, 11) is 6.62. The van der Waals surface area contributed by atoms with Gasteiger partial charge in [0.2, 0.25) is 5.91 Å². The van der Waals surface area contributed by atoms with Crippen molar-refractivity contribution in [1.29, 1.82) is 0 Å². The van der Waals surface area contributed by atoms with Gasteiger partial charge in [-0.05, 0) is 51.8 Å². The molecule has 206 valence electrons. The normalized spacial score (nSPS) is 14.9. The van der Waals surface area contributed by atoms with Crippen LogP contribution in [0.5, 0.6) is 11.5 Å². The van der Waals surface area contributed by atoms with Crippen molar-refractivity contribution in [1.82, 2.24) is 24.9 Å². The average Bonchev–Trinajstić information content (AvgIpc) is 3.39. The number of aromatic amines is 1. The van der Waals surface area contributed by atoms with Gasteiger partial charge in [-0.2, -0.15) is 23.7 Å². The molecule has 0 saturated heterocycles. The van der Waals surface area contributed by atoms with Crippen molar-refractivity contribution >= 4 is 25.1 Å². The van der Waals surface area contributed by atoms with Gasteiger partial charge >= 0.3 is 0 Å². The van der Waals surface area contributed by atoms with Crippen LogP contribution in [0.1, 0.15) is 35.6 Å². The molecule has 0 radical (unpaired) electrons. The number of hydrogen-bond donors (Lipinski definition) is 2. The van der Waals surface area contributed by atoms with Crippen LogP contribution in [-0.4, -0.2) is 65.6 Å². The minimum Gasteiger partial charge on any atom is -0.494 e. The van der Waals surface area contributed by atoms with Gasteiger partial charge in [0.25, 0.3) is 0 Å². The number of nitrogens with zero attached hydrogens (tertiary/aromatic N) is 4. The number of aromatic nitrogens is 4. The Balaban J connectivity index is 0.00000400. The van der Waals surface area contributed by atoms with Gasteiger partial charge in [0.1, 0.15) is 11.4 Å². The molecule has 1 aliphatic rings. The number of ether oxygens (including phenoxy) is 2. The fourth-order valence-corrected chi connectivity index (χ4v) is 4.71. The zero-order valence-electron chi connectivity index (χ0n) is 22.0. The molecule has 2 heterocycles. The zero-order chi connectivity index (χ0) is 26.7. The summed E-state index contributed by atoms with van der Waals surface area (Å²) in [5.41, 5.74) is 3.32. The number of nitrogens with one attached hydrogen (secondary N) is 2. The molecule has 1 aromatic carbocycles. The fraction of sp³-hybridized carbons (Fsp3) is 0.423. The van der Waals surface area contributed by atoms with Gasteiger partial charge in [0, 0.05) is 35.6 Å². The molecule has 3 aromatic rings. The summed E-state index contributed by atoms with van der Waals surface area (Å²) in [6, 6.07) is 1.22. The van der Waals surface area contributed by atoms with Crippen LogP contribution < -0.4 is 14.8 Å². The Morgan fingerprint density at radius 3 is 2.55 bits per heavy atom. The minimum absolute atomic E-state index is 0. The van der Waals surface area contributed by atoms with Gasteiger partial charge < -0.3 is 19.7 Å². The Morgan fingerprint density at radius 2 is 1.95 bits per heavy atom. The number of fused-ring (bicyclic) bond motifs is 1. The average molecular weight is 549 g/mol. The van der Waals surface area contributed by atoms with Crippen molar-refractivity contribution in [3.63, 3.8) is 0 Å². The summed E-state index contributed by atoms with van der Waals surface area (Å²) < 4.78 is 42.5. The maximum Gasteiger partial charge on any atom is 0.247 e. The van der Waals surface area contributed by atoms with Crippen LogP contribution in [0.25, 0.3) is 11.4 Å². The quantitative estimate of drug-likeness (QED) is 0.310. The van der Waals surface area contributed by atoms with Gasteiger partial charge in [-0.25, -0.2) is 8.78 Å². The lowest BCUT2D eigenvalue weighted by molar-refractivity contribution is -0.111. The molecule has 9 nitrogen and oxygen atoms in total. The Hall–Kier alpha value is -3.38. The number of amides is 1. The smallest absolute Gasteiger partial charge is 0.247 e. The van der Waals surface area contributed by atoms with Crippen LogP contribution in [0.15, 0.2) is 24.9 Å². The number of carbonyl (C=O) groups excluding carboxylic acids is 1. The molecule has 0 fully saturated rings. The lowest BCUT2D eigenvalue weighted by Gasteiger charge is -2.19. The summed E-state index contributed by atoms with van der Waals surface area (Å²) in [6.07, 6.45) is 5.20. The number of H-pyrrole nitrogens is 1. The Labute approximate surface area is 227 Å². The van der Waals surface area contributed by atoms with E-state index in [-0.39, 0.29) is 36.5 Å². The number of anilines is 1. The van der Waals surface area contributed by atoms with Crippen molar-refractivity contribution in [3.05, 3.63) is 53.4 Å². The molecule has 2 N–H and O–H groups in total. The molecule has 0 spiro atoms. The molecule has 0 bridgehead atoms. The number of rotatable bonds is 9. The third kappa shape index (κ3) is 5.86. The molecule has 1 atom stereocenters. The summed E-state index contributed by atoms with van der Waals surface area (Å²) in [5, 5.41) is 15.1. The summed E-state index contributed by atoms with van der Waals surface area (Å²) >= 11 is 0. The van der Waals surface area contributed by atoms with E-state index >= 15 is 8.78 Å². The monoisotopic (exact) mass is 548 g/mol. The summed E-state index contributed by atoms with van der Waals surface area (Å²) in [6.45, 7) is 4.91. The lowest BCUT2D eigenvalue weighted by atomic mass is 9.90. The molecular weight excluding hydrogens is 514 g/mol. The first-order valence-corrected chi connectivity index (χ1v) is 12.1. The third-order valence-electron chi connectivity index (χ3n) is 6.60. The number of halogens is 2. The largest absolute Gasteiger partial charge is 0.494 e. The van der Waals surface area contributed by atoms with E-state index in [0.717, 1.165) is 17.8 Å². The SMILES string of the molecule is C=CC(=O)Nc1cn(CCN(C)C)nc1-c1n[nH]c2c1CCC[C@H](c1c(F)c(OC)cc(OC)c1F)C2.S. The predicted octanol–water partition coefficient (Wildman–Crippen LogP) is 4.03. The Bertz CT molecular complexity index is 1280. The minimum atomic E-state index is -0.719. The zero-order valence-corrected chi connectivity index (χ0v) is 23.0. The van der Waals surface area contributed by atoms with Crippen LogP contribution in [0.2, 0.25) is 0 Å². The first kappa shape index (κ1) is 29.2. The van der Waals surface area contributed by atoms with Crippen LogP contribution in [0.3, 0.4) is 0 Å². The molecule has 1 amide bonds. The highest BCUT2D eigenvalue weighted by molar-refractivity contribution is 7.59. The van der Waals surface area contributed by atoms with Crippen LogP contribution >= 0.6 is 13.5 Å². The standard InChI is InChI=1S/C26H32F2N6O3.H2S/c1-6-21(35)29-18-14-34(11-10-33(2)3)32-26(18)25-16-9-7-8-15(12-17(16)30-31-25)22-23(27)19(36-4)13-20(37-5)24(22)28;/h6,13-15H,1,7-12H2,2-5H3,(H,29,35)(H,30,31);1H2/t15-;/m0./s1. The Kier molecular flexibility index (Phi) is 9.55. The highest BCUT2D eigenvalue weighted by atomic mass is 32.1. The highest BCUT2D eigenvalue weighted by Crippen LogP contribution is 2.41. The molecule has 0 unspecified atom stereocenters. The molecule has 38 heavy (non-hydrogen) atoms. The van der Waals surface area contributed by atoms with E-state index in [0.29, 0.717) is 49.3 Å². The van der Waals surface area contributed by atoms with Crippen molar-refractivity contribution in [2.45, 2.75) is 38.1 Å². The summed E-state index contributed by atoms with van der Waals surface area (Å²) in [4.78, 5) is 14.1. The van der Waals surface area contributed by atoms with Gasteiger partial charge in [-0.1, -0.05) is 6.58 Å². The first-order chi connectivity index (χ1) is 17.8. The van der Waals surface area contributed by atoms with Crippen LogP contribution in [0, 0.1) is 11.6 Å². The highest BCUT2D eigenvalue weighted by Gasteiger charge is 2.31. The predicted molar refractivity (Wildman–Crippen MR) is 146 cm³/mol. The van der Waals surface area contributed by atoms with Gasteiger partial charge in [0.15, 0.2) is 23.1 Å². The second-order valence-corrected chi connectivity index (χ2v) is 9.30. The van der Waals surface area contributed by atoms with E-state index in [4.69, 9.17) is 14.6 Å². The maximum atomic E-state index is 15.2. The van der Waals surface area contributed by atoms with Gasteiger partial charge in [-0.15, -0.1) is 0 Å². The third-order valence-corrected chi connectivity index (χ3v) is 6.60. The molecular formula is C26H34F2N6O3S. The topological polar surface area (TPSA) is 97.3 Å². The molecule has 12 heteroatoms. The number of likely N-dealkylation sites (N-methyl/N-ethyl adjacent to an activating group) is 1. The molecule has 0 saturated carbocycles. The van der Waals surface area contributed by atoms with E-state index in [1.54, 1.807) is 10.9 Å². The number of carbonyl (C=O) groups is 1. The van der Waals surface area contributed by atoms with E-state index in [2.05, 4.69) is 22.1 Å². The van der Waals surface area contributed by atoms with Crippen molar-refractivity contribution in [2.75, 3.05) is 40.2 Å². The van der Waals surface area contributed by atoms with E-state index in [1.165, 1.54) is 26.4 Å². The van der Waals surface area contributed by atoms with Gasteiger partial charge in [-0.3, -0.25) is 14.6 Å². The summed E-state index contributed by atoms with van der Waals surface area (Å²) in [5.74, 6) is -2.36. The van der Waals surface area contributed by atoms with E-state index in [9.17, 15) is 4.79 Å².